The fraction of sp³-hybridized carbons (Fsp3) is 0.133. The number of phenols is 1. The van der Waals surface area contributed by atoms with Crippen molar-refractivity contribution in [1.82, 2.24) is 0 Å². The van der Waals surface area contributed by atoms with Gasteiger partial charge in [0.2, 0.25) is 0 Å². The highest BCUT2D eigenvalue weighted by Gasteiger charge is 2.13. The average Bonchev–Trinajstić information content (AvgIpc) is 2.43. The van der Waals surface area contributed by atoms with E-state index in [0.717, 1.165) is 12.1 Å². The van der Waals surface area contributed by atoms with Gasteiger partial charge in [-0.15, -0.1) is 0 Å². The molecule has 0 saturated heterocycles. The highest BCUT2D eigenvalue weighted by Crippen LogP contribution is 2.28. The number of nitrogens with zero attached hydrogens (tertiary/aromatic N) is 1. The molecule has 0 aromatic heterocycles. The van der Waals surface area contributed by atoms with Crippen molar-refractivity contribution in [2.75, 3.05) is 5.32 Å². The maximum absolute atomic E-state index is 13.7. The maximum Gasteiger partial charge on any atom is 0.147 e. The fourth-order valence-electron chi connectivity index (χ4n) is 1.88. The number of halogens is 2. The number of nitrogens with one attached hydrogen (secondary N) is 1. The standard InChI is InChI=1S/C15H12F2N2O/c1-9(12-7-11(16)3-5-15(12)20)19-14-4-2-10(8-18)6-13(14)17/h2-7,9,19-20H,1H3. The molecule has 0 spiro atoms. The van der Waals surface area contributed by atoms with E-state index in [1.54, 1.807) is 6.92 Å². The first-order valence-corrected chi connectivity index (χ1v) is 5.96. The van der Waals surface area contributed by atoms with Gasteiger partial charge >= 0.3 is 0 Å². The highest BCUT2D eigenvalue weighted by atomic mass is 19.1. The third-order valence-electron chi connectivity index (χ3n) is 2.93. The minimum atomic E-state index is -0.577. The van der Waals surface area contributed by atoms with Gasteiger partial charge in [0.25, 0.3) is 0 Å². The fourth-order valence-corrected chi connectivity index (χ4v) is 1.88. The van der Waals surface area contributed by atoms with Gasteiger partial charge in [0.15, 0.2) is 0 Å². The second-order valence-corrected chi connectivity index (χ2v) is 4.38. The molecule has 0 amide bonds. The highest BCUT2D eigenvalue weighted by molar-refractivity contribution is 5.51. The Kier molecular flexibility index (Phi) is 3.85. The summed E-state index contributed by atoms with van der Waals surface area (Å²) in [6, 6.07) is 8.95. The van der Waals surface area contributed by atoms with Gasteiger partial charge in [-0.2, -0.15) is 5.26 Å². The number of rotatable bonds is 3. The number of hydrogen-bond acceptors (Lipinski definition) is 3. The number of aromatic hydroxyl groups is 1. The second-order valence-electron chi connectivity index (χ2n) is 4.38. The molecule has 2 aromatic rings. The molecule has 0 aliphatic carbocycles. The van der Waals surface area contributed by atoms with E-state index in [-0.39, 0.29) is 17.0 Å². The largest absolute Gasteiger partial charge is 0.508 e. The number of nitriles is 1. The van der Waals surface area contributed by atoms with Gasteiger partial charge in [0.05, 0.1) is 23.4 Å². The molecule has 102 valence electrons. The van der Waals surface area contributed by atoms with Crippen LogP contribution in [0, 0.1) is 23.0 Å². The summed E-state index contributed by atoms with van der Waals surface area (Å²) in [7, 11) is 0. The molecule has 0 saturated carbocycles. The van der Waals surface area contributed by atoms with Crippen molar-refractivity contribution in [3.8, 4) is 11.8 Å². The lowest BCUT2D eigenvalue weighted by molar-refractivity contribution is 0.462. The van der Waals surface area contributed by atoms with Crippen LogP contribution in [0.4, 0.5) is 14.5 Å². The van der Waals surface area contributed by atoms with E-state index in [4.69, 9.17) is 5.26 Å². The topological polar surface area (TPSA) is 56.0 Å². The Labute approximate surface area is 115 Å². The van der Waals surface area contributed by atoms with Crippen LogP contribution in [0.2, 0.25) is 0 Å². The van der Waals surface area contributed by atoms with Crippen LogP contribution in [0.25, 0.3) is 0 Å². The van der Waals surface area contributed by atoms with Gasteiger partial charge in [0.1, 0.15) is 17.4 Å². The molecule has 20 heavy (non-hydrogen) atoms. The summed E-state index contributed by atoms with van der Waals surface area (Å²) in [5, 5.41) is 21.2. The Balaban J connectivity index is 2.26. The van der Waals surface area contributed by atoms with Crippen LogP contribution in [0.5, 0.6) is 5.75 Å². The first kappa shape index (κ1) is 13.8. The second kappa shape index (κ2) is 5.57. The van der Waals surface area contributed by atoms with Crippen LogP contribution in [0.15, 0.2) is 36.4 Å². The van der Waals surface area contributed by atoms with Gasteiger partial charge < -0.3 is 10.4 Å². The summed E-state index contributed by atoms with van der Waals surface area (Å²) < 4.78 is 26.9. The van der Waals surface area contributed by atoms with Crippen molar-refractivity contribution >= 4 is 5.69 Å². The Morgan fingerprint density at radius 2 is 1.95 bits per heavy atom. The first-order valence-electron chi connectivity index (χ1n) is 5.96. The number of phenolic OH excluding ortho intramolecular Hbond substituents is 1. The van der Waals surface area contributed by atoms with Gasteiger partial charge in [-0.3, -0.25) is 0 Å². The third kappa shape index (κ3) is 2.86. The summed E-state index contributed by atoms with van der Waals surface area (Å²) in [5.74, 6) is -1.13. The summed E-state index contributed by atoms with van der Waals surface area (Å²) >= 11 is 0. The van der Waals surface area contributed by atoms with Gasteiger partial charge in [-0.05, 0) is 43.3 Å². The minimum Gasteiger partial charge on any atom is -0.508 e. The van der Waals surface area contributed by atoms with E-state index in [2.05, 4.69) is 5.32 Å². The molecule has 1 unspecified atom stereocenters. The Morgan fingerprint density at radius 3 is 2.60 bits per heavy atom. The predicted molar refractivity (Wildman–Crippen MR) is 71.2 cm³/mol. The summed E-state index contributed by atoms with van der Waals surface area (Å²) in [4.78, 5) is 0. The van der Waals surface area contributed by atoms with Crippen LogP contribution in [-0.4, -0.2) is 5.11 Å². The van der Waals surface area contributed by atoms with Crippen LogP contribution in [0.1, 0.15) is 24.1 Å². The zero-order chi connectivity index (χ0) is 14.7. The summed E-state index contributed by atoms with van der Waals surface area (Å²) in [5.41, 5.74) is 0.725. The predicted octanol–water partition coefficient (Wildman–Crippen LogP) is 3.72. The van der Waals surface area contributed by atoms with Crippen LogP contribution in [-0.2, 0) is 0 Å². The molecule has 0 heterocycles. The Bertz CT molecular complexity index is 680. The van der Waals surface area contributed by atoms with Crippen molar-refractivity contribution in [2.24, 2.45) is 0 Å². The van der Waals surface area contributed by atoms with Gasteiger partial charge in [-0.25, -0.2) is 8.78 Å². The average molecular weight is 274 g/mol. The normalized spacial score (nSPS) is 11.7. The summed E-state index contributed by atoms with van der Waals surface area (Å²) in [6.45, 7) is 1.67. The van der Waals surface area contributed by atoms with E-state index in [1.807, 2.05) is 6.07 Å². The van der Waals surface area contributed by atoms with Crippen LogP contribution in [0.3, 0.4) is 0 Å². The molecule has 5 heteroatoms. The Hall–Kier alpha value is -2.61. The van der Waals surface area contributed by atoms with E-state index >= 15 is 0 Å². The molecular formula is C15H12F2N2O. The van der Waals surface area contributed by atoms with Crippen LogP contribution < -0.4 is 5.32 Å². The van der Waals surface area contributed by atoms with Crippen molar-refractivity contribution in [1.29, 1.82) is 5.26 Å². The first-order chi connectivity index (χ1) is 9.51. The molecule has 2 rings (SSSR count). The molecule has 0 aliphatic heterocycles. The van der Waals surface area contributed by atoms with Crippen molar-refractivity contribution in [3.05, 3.63) is 59.2 Å². The summed E-state index contributed by atoms with van der Waals surface area (Å²) in [6.07, 6.45) is 0. The van der Waals surface area contributed by atoms with E-state index in [0.29, 0.717) is 5.56 Å². The molecular weight excluding hydrogens is 262 g/mol. The van der Waals surface area contributed by atoms with Crippen molar-refractivity contribution < 1.29 is 13.9 Å². The van der Waals surface area contributed by atoms with E-state index in [1.165, 1.54) is 24.3 Å². The lowest BCUT2D eigenvalue weighted by Crippen LogP contribution is -2.08. The monoisotopic (exact) mass is 274 g/mol. The van der Waals surface area contributed by atoms with Gasteiger partial charge in [0, 0.05) is 5.56 Å². The van der Waals surface area contributed by atoms with E-state index in [9.17, 15) is 13.9 Å². The molecule has 1 atom stereocenters. The Morgan fingerprint density at radius 1 is 1.20 bits per heavy atom. The molecule has 0 radical (unpaired) electrons. The molecule has 2 aromatic carbocycles. The maximum atomic E-state index is 13.7. The van der Waals surface area contributed by atoms with Gasteiger partial charge in [-0.1, -0.05) is 0 Å². The smallest absolute Gasteiger partial charge is 0.147 e. The number of anilines is 1. The molecule has 0 aliphatic rings. The lowest BCUT2D eigenvalue weighted by atomic mass is 10.1. The number of hydrogen-bond donors (Lipinski definition) is 2. The zero-order valence-corrected chi connectivity index (χ0v) is 10.7. The molecule has 0 fully saturated rings. The van der Waals surface area contributed by atoms with Crippen LogP contribution >= 0.6 is 0 Å². The number of benzene rings is 2. The quantitative estimate of drug-likeness (QED) is 0.897. The molecule has 3 nitrogen and oxygen atoms in total. The SMILES string of the molecule is CC(Nc1ccc(C#N)cc1F)c1cc(F)ccc1O. The molecule has 2 N–H and O–H groups in total. The lowest BCUT2D eigenvalue weighted by Gasteiger charge is -2.17. The van der Waals surface area contributed by atoms with Crippen molar-refractivity contribution in [2.45, 2.75) is 13.0 Å². The third-order valence-corrected chi connectivity index (χ3v) is 2.93. The van der Waals surface area contributed by atoms with Crippen molar-refractivity contribution in [3.63, 3.8) is 0 Å². The van der Waals surface area contributed by atoms with E-state index < -0.39 is 17.7 Å². The molecule has 0 bridgehead atoms. The zero-order valence-electron chi connectivity index (χ0n) is 10.7. The minimum absolute atomic E-state index is 0.0690.